The van der Waals surface area contributed by atoms with E-state index in [9.17, 15) is 18.0 Å². The van der Waals surface area contributed by atoms with Gasteiger partial charge in [0.05, 0.1) is 18.9 Å². The molecule has 0 saturated heterocycles. The van der Waals surface area contributed by atoms with Crippen molar-refractivity contribution in [2.75, 3.05) is 13.2 Å². The van der Waals surface area contributed by atoms with Crippen LogP contribution in [0.3, 0.4) is 0 Å². The molecule has 6 heteroatoms. The van der Waals surface area contributed by atoms with Gasteiger partial charge in [0.1, 0.15) is 0 Å². The van der Waals surface area contributed by atoms with Crippen LogP contribution in [0, 0.1) is 5.92 Å². The van der Waals surface area contributed by atoms with Crippen molar-refractivity contribution in [2.45, 2.75) is 51.2 Å². The van der Waals surface area contributed by atoms with Crippen molar-refractivity contribution >= 4 is 5.97 Å². The van der Waals surface area contributed by atoms with Crippen molar-refractivity contribution in [2.24, 2.45) is 5.92 Å². The number of rotatable bonds is 5. The highest BCUT2D eigenvalue weighted by Gasteiger charge is 2.45. The van der Waals surface area contributed by atoms with Crippen LogP contribution in [0.25, 0.3) is 0 Å². The largest absolute Gasteiger partial charge is 0.466 e. The normalized spacial score (nSPS) is 24.9. The van der Waals surface area contributed by atoms with Gasteiger partial charge in [-0.15, -0.1) is 0 Å². The highest BCUT2D eigenvalue weighted by Crippen LogP contribution is 2.37. The Hall–Kier alpha value is -0.780. The molecule has 0 bridgehead atoms. The SMILES string of the molecule is CCOC(=O)CCNC1CCCCC1C(F)(F)F. The van der Waals surface area contributed by atoms with Gasteiger partial charge in [0.15, 0.2) is 0 Å². The Kier molecular flexibility index (Phi) is 5.91. The molecule has 1 rings (SSSR count). The molecule has 0 aromatic rings. The standard InChI is InChI=1S/C12H20F3NO2/c1-2-18-11(17)7-8-16-10-6-4-3-5-9(10)12(13,14)15/h9-10,16H,2-8H2,1H3. The molecule has 1 aliphatic carbocycles. The molecular weight excluding hydrogens is 247 g/mol. The lowest BCUT2D eigenvalue weighted by molar-refractivity contribution is -0.188. The summed E-state index contributed by atoms with van der Waals surface area (Å²) in [6, 6.07) is -0.562. The number of alkyl halides is 3. The van der Waals surface area contributed by atoms with Crippen LogP contribution in [0.15, 0.2) is 0 Å². The lowest BCUT2D eigenvalue weighted by Crippen LogP contribution is -2.46. The molecule has 0 radical (unpaired) electrons. The summed E-state index contributed by atoms with van der Waals surface area (Å²) >= 11 is 0. The van der Waals surface area contributed by atoms with E-state index in [0.717, 1.165) is 6.42 Å². The second-order valence-corrected chi connectivity index (χ2v) is 4.55. The lowest BCUT2D eigenvalue weighted by Gasteiger charge is -2.33. The van der Waals surface area contributed by atoms with Crippen LogP contribution in [0.5, 0.6) is 0 Å². The number of carbonyl (C=O) groups is 1. The van der Waals surface area contributed by atoms with Gasteiger partial charge in [0.2, 0.25) is 0 Å². The Morgan fingerprint density at radius 2 is 2.00 bits per heavy atom. The molecule has 2 atom stereocenters. The number of hydrogen-bond donors (Lipinski definition) is 1. The number of hydrogen-bond acceptors (Lipinski definition) is 3. The van der Waals surface area contributed by atoms with E-state index in [1.807, 2.05) is 0 Å². The van der Waals surface area contributed by atoms with E-state index in [0.29, 0.717) is 19.4 Å². The van der Waals surface area contributed by atoms with Crippen molar-refractivity contribution < 1.29 is 22.7 Å². The third-order valence-electron chi connectivity index (χ3n) is 3.23. The van der Waals surface area contributed by atoms with E-state index < -0.39 is 18.1 Å². The lowest BCUT2D eigenvalue weighted by atomic mass is 9.84. The first kappa shape index (κ1) is 15.3. The first-order valence-corrected chi connectivity index (χ1v) is 6.41. The predicted octanol–water partition coefficient (Wildman–Crippen LogP) is 2.65. The third-order valence-corrected chi connectivity index (χ3v) is 3.23. The van der Waals surface area contributed by atoms with Crippen molar-refractivity contribution in [3.8, 4) is 0 Å². The Morgan fingerprint density at radius 1 is 1.33 bits per heavy atom. The summed E-state index contributed by atoms with van der Waals surface area (Å²) in [5, 5.41) is 2.85. The van der Waals surface area contributed by atoms with E-state index in [-0.39, 0.29) is 25.4 Å². The van der Waals surface area contributed by atoms with E-state index in [4.69, 9.17) is 4.74 Å². The zero-order valence-electron chi connectivity index (χ0n) is 10.6. The maximum Gasteiger partial charge on any atom is 0.393 e. The van der Waals surface area contributed by atoms with Gasteiger partial charge in [-0.25, -0.2) is 0 Å². The summed E-state index contributed by atoms with van der Waals surface area (Å²) in [7, 11) is 0. The summed E-state index contributed by atoms with van der Waals surface area (Å²) in [6.07, 6.45) is -1.89. The van der Waals surface area contributed by atoms with Crippen LogP contribution in [0.1, 0.15) is 39.0 Å². The van der Waals surface area contributed by atoms with Crippen molar-refractivity contribution in [3.05, 3.63) is 0 Å². The zero-order chi connectivity index (χ0) is 13.6. The zero-order valence-corrected chi connectivity index (χ0v) is 10.6. The topological polar surface area (TPSA) is 38.3 Å². The highest BCUT2D eigenvalue weighted by atomic mass is 19.4. The molecule has 0 spiro atoms. The quantitative estimate of drug-likeness (QED) is 0.778. The maximum absolute atomic E-state index is 12.8. The van der Waals surface area contributed by atoms with Gasteiger partial charge in [-0.05, 0) is 19.8 Å². The molecule has 3 nitrogen and oxygen atoms in total. The summed E-state index contributed by atoms with van der Waals surface area (Å²) in [6.45, 7) is 2.25. The number of esters is 1. The van der Waals surface area contributed by atoms with E-state index in [2.05, 4.69) is 5.32 Å². The van der Waals surface area contributed by atoms with Crippen LogP contribution in [-0.4, -0.2) is 31.3 Å². The van der Waals surface area contributed by atoms with Crippen molar-refractivity contribution in [1.82, 2.24) is 5.32 Å². The summed E-state index contributed by atoms with van der Waals surface area (Å²) < 4.78 is 43.0. The molecule has 1 N–H and O–H groups in total. The Labute approximate surface area is 105 Å². The molecule has 1 saturated carbocycles. The molecule has 0 heterocycles. The van der Waals surface area contributed by atoms with Crippen LogP contribution in [0.4, 0.5) is 13.2 Å². The van der Waals surface area contributed by atoms with Gasteiger partial charge < -0.3 is 10.1 Å². The second kappa shape index (κ2) is 6.97. The Morgan fingerprint density at radius 3 is 2.61 bits per heavy atom. The molecule has 0 amide bonds. The minimum atomic E-state index is -4.15. The monoisotopic (exact) mass is 267 g/mol. The molecule has 1 fully saturated rings. The number of nitrogens with one attached hydrogen (secondary N) is 1. The summed E-state index contributed by atoms with van der Waals surface area (Å²) in [5.41, 5.74) is 0. The van der Waals surface area contributed by atoms with Gasteiger partial charge in [-0.3, -0.25) is 4.79 Å². The van der Waals surface area contributed by atoms with Gasteiger partial charge >= 0.3 is 12.1 Å². The van der Waals surface area contributed by atoms with Crippen LogP contribution < -0.4 is 5.32 Å². The molecule has 0 aromatic heterocycles. The summed E-state index contributed by atoms with van der Waals surface area (Å²) in [5.74, 6) is -1.65. The molecule has 2 unspecified atom stereocenters. The molecule has 0 aliphatic heterocycles. The fourth-order valence-electron chi connectivity index (χ4n) is 2.36. The van der Waals surface area contributed by atoms with Gasteiger partial charge in [0.25, 0.3) is 0 Å². The smallest absolute Gasteiger partial charge is 0.393 e. The van der Waals surface area contributed by atoms with E-state index in [1.165, 1.54) is 0 Å². The van der Waals surface area contributed by atoms with Gasteiger partial charge in [-0.2, -0.15) is 13.2 Å². The number of halogens is 3. The molecular formula is C12H20F3NO2. The Balaban J connectivity index is 2.36. The first-order valence-electron chi connectivity index (χ1n) is 6.41. The van der Waals surface area contributed by atoms with Gasteiger partial charge in [-0.1, -0.05) is 12.8 Å². The average molecular weight is 267 g/mol. The van der Waals surface area contributed by atoms with E-state index in [1.54, 1.807) is 6.92 Å². The number of carbonyl (C=O) groups excluding carboxylic acids is 1. The Bertz CT molecular complexity index is 269. The molecule has 1 aliphatic rings. The van der Waals surface area contributed by atoms with Gasteiger partial charge in [0, 0.05) is 12.6 Å². The minimum Gasteiger partial charge on any atom is -0.466 e. The third kappa shape index (κ3) is 4.84. The summed E-state index contributed by atoms with van der Waals surface area (Å²) in [4.78, 5) is 11.1. The minimum absolute atomic E-state index is 0.120. The molecule has 106 valence electrons. The molecule has 0 aromatic carbocycles. The fourth-order valence-corrected chi connectivity index (χ4v) is 2.36. The highest BCUT2D eigenvalue weighted by molar-refractivity contribution is 5.69. The second-order valence-electron chi connectivity index (χ2n) is 4.55. The maximum atomic E-state index is 12.8. The van der Waals surface area contributed by atoms with Crippen LogP contribution in [-0.2, 0) is 9.53 Å². The molecule has 18 heavy (non-hydrogen) atoms. The first-order chi connectivity index (χ1) is 8.45. The average Bonchev–Trinajstić information content (AvgIpc) is 2.28. The van der Waals surface area contributed by atoms with Crippen LogP contribution >= 0.6 is 0 Å². The predicted molar refractivity (Wildman–Crippen MR) is 61.1 cm³/mol. The van der Waals surface area contributed by atoms with Crippen molar-refractivity contribution in [3.63, 3.8) is 0 Å². The van der Waals surface area contributed by atoms with E-state index >= 15 is 0 Å². The van der Waals surface area contributed by atoms with Crippen LogP contribution in [0.2, 0.25) is 0 Å². The van der Waals surface area contributed by atoms with Crippen molar-refractivity contribution in [1.29, 1.82) is 0 Å². The fraction of sp³-hybridized carbons (Fsp3) is 0.917. The number of ether oxygens (including phenoxy) is 1.